The number of phosphoric ester groups is 1. The number of nitrogens with two attached hydrogens (primary N) is 1. The van der Waals surface area contributed by atoms with Crippen LogP contribution < -0.4 is 10.5 Å². The predicted molar refractivity (Wildman–Crippen MR) is 146 cm³/mol. The molecule has 4 aromatic rings. The summed E-state index contributed by atoms with van der Waals surface area (Å²) in [5.41, 5.74) is 5.94. The molecular weight excluding hydrogens is 560 g/mol. The number of nitrogens with zero attached hydrogens (tertiary/aromatic N) is 3. The molecule has 0 aliphatic carbocycles. The number of halogens is 3. The normalized spacial score (nSPS) is 13.4. The molecule has 0 bridgehead atoms. The third-order valence-corrected chi connectivity index (χ3v) is 6.73. The molecule has 1 atom stereocenters. The van der Waals surface area contributed by atoms with E-state index in [4.69, 9.17) is 26.8 Å². The van der Waals surface area contributed by atoms with Gasteiger partial charge in [-0.2, -0.15) is 13.2 Å². The first-order valence-corrected chi connectivity index (χ1v) is 13.6. The Kier molecular flexibility index (Phi) is 8.40. The summed E-state index contributed by atoms with van der Waals surface area (Å²) in [7, 11) is -3.34. The molecule has 1 heterocycles. The molecule has 4 rings (SSSR count). The topological polar surface area (TPSA) is 124 Å². The maximum atomic E-state index is 14.2. The molecule has 0 amide bonds. The molecular formula is C28H26F3N4O5P. The van der Waals surface area contributed by atoms with Gasteiger partial charge in [0.2, 0.25) is 5.69 Å². The molecule has 0 radical (unpaired) electrons. The van der Waals surface area contributed by atoms with Gasteiger partial charge in [-0.3, -0.25) is 4.52 Å². The number of rotatable bonds is 9. The monoisotopic (exact) mass is 586 g/mol. The second kappa shape index (κ2) is 11.5. The van der Waals surface area contributed by atoms with E-state index in [1.807, 2.05) is 42.5 Å². The van der Waals surface area contributed by atoms with Crippen molar-refractivity contribution in [2.24, 2.45) is 12.8 Å². The van der Waals surface area contributed by atoms with Gasteiger partial charge in [0.05, 0.1) is 36.2 Å². The molecule has 1 aromatic heterocycles. The van der Waals surface area contributed by atoms with E-state index in [9.17, 15) is 17.7 Å². The minimum atomic E-state index is -4.84. The molecule has 214 valence electrons. The number of hydrogen-bond donors (Lipinski definition) is 3. The zero-order valence-electron chi connectivity index (χ0n) is 22.0. The van der Waals surface area contributed by atoms with Crippen molar-refractivity contribution in [2.75, 3.05) is 6.61 Å². The summed E-state index contributed by atoms with van der Waals surface area (Å²) in [6, 6.07) is 18.9. The Balaban J connectivity index is 1.65. The fourth-order valence-electron chi connectivity index (χ4n) is 4.28. The van der Waals surface area contributed by atoms with Gasteiger partial charge in [0.1, 0.15) is 18.2 Å². The van der Waals surface area contributed by atoms with Gasteiger partial charge >= 0.3 is 14.0 Å². The van der Waals surface area contributed by atoms with Crippen LogP contribution in [0.25, 0.3) is 27.2 Å². The van der Waals surface area contributed by atoms with Gasteiger partial charge in [-0.15, -0.1) is 0 Å². The Morgan fingerprint density at radius 2 is 1.68 bits per heavy atom. The van der Waals surface area contributed by atoms with Crippen molar-refractivity contribution in [3.05, 3.63) is 101 Å². The third-order valence-electron chi connectivity index (χ3n) is 6.27. The van der Waals surface area contributed by atoms with Gasteiger partial charge < -0.3 is 24.8 Å². The number of aromatic nitrogens is 2. The van der Waals surface area contributed by atoms with Crippen LogP contribution in [0.5, 0.6) is 5.75 Å². The zero-order valence-corrected chi connectivity index (χ0v) is 22.9. The molecule has 0 saturated heterocycles. The number of hydrogen-bond acceptors (Lipinski definition) is 5. The molecule has 0 aliphatic heterocycles. The molecule has 0 saturated carbocycles. The Bertz CT molecular complexity index is 1630. The first-order valence-electron chi connectivity index (χ1n) is 12.1. The van der Waals surface area contributed by atoms with Crippen molar-refractivity contribution in [2.45, 2.75) is 25.2 Å². The Labute approximate surface area is 234 Å². The summed E-state index contributed by atoms with van der Waals surface area (Å²) in [6.45, 7) is 8.17. The summed E-state index contributed by atoms with van der Waals surface area (Å²) in [4.78, 5) is 25.5. The van der Waals surface area contributed by atoms with E-state index in [2.05, 4.69) is 14.4 Å². The Hall–Kier alpha value is -3.98. The van der Waals surface area contributed by atoms with E-state index >= 15 is 0 Å². The fourth-order valence-corrected chi connectivity index (χ4v) is 4.71. The average molecular weight is 587 g/mol. The van der Waals surface area contributed by atoms with Gasteiger partial charge in [-0.25, -0.2) is 14.4 Å². The summed E-state index contributed by atoms with van der Waals surface area (Å²) < 4.78 is 65.3. The summed E-state index contributed by atoms with van der Waals surface area (Å²) in [5, 5.41) is 0. The zero-order chi connectivity index (χ0) is 30.0. The van der Waals surface area contributed by atoms with Crippen molar-refractivity contribution in [1.29, 1.82) is 0 Å². The minimum absolute atomic E-state index is 0.0239. The third kappa shape index (κ3) is 7.03. The van der Waals surface area contributed by atoms with Crippen molar-refractivity contribution in [1.82, 2.24) is 9.55 Å². The molecule has 9 nitrogen and oxygen atoms in total. The second-order valence-electron chi connectivity index (χ2n) is 9.54. The van der Waals surface area contributed by atoms with Crippen LogP contribution in [0.2, 0.25) is 0 Å². The van der Waals surface area contributed by atoms with Crippen molar-refractivity contribution >= 4 is 13.5 Å². The van der Waals surface area contributed by atoms with Crippen LogP contribution in [0.3, 0.4) is 0 Å². The van der Waals surface area contributed by atoms with E-state index < -0.39 is 37.5 Å². The van der Waals surface area contributed by atoms with Gasteiger partial charge in [-0.05, 0) is 41.3 Å². The smallest absolute Gasteiger partial charge is 0.469 e. The summed E-state index contributed by atoms with van der Waals surface area (Å²) in [6.07, 6.45) is -3.58. The highest BCUT2D eigenvalue weighted by molar-refractivity contribution is 7.46. The molecule has 13 heteroatoms. The van der Waals surface area contributed by atoms with Gasteiger partial charge in [0.25, 0.3) is 0 Å². The fraction of sp³-hybridized carbons (Fsp3) is 0.214. The lowest BCUT2D eigenvalue weighted by atomic mass is 10.0. The van der Waals surface area contributed by atoms with E-state index in [1.165, 1.54) is 30.8 Å². The molecule has 0 fully saturated rings. The lowest BCUT2D eigenvalue weighted by molar-refractivity contribution is -0.138. The summed E-state index contributed by atoms with van der Waals surface area (Å²) >= 11 is 0. The number of phosphoric acid groups is 1. The molecule has 0 aliphatic rings. The SMILES string of the molecule is [C-]#[N+]c1cc(-c2cnc([C@@](C)(N)COP(=O)(O)O)n2C)cc(C(F)(F)F)c1OCc1ccc(-c2ccccc2)cc1. The lowest BCUT2D eigenvalue weighted by Gasteiger charge is -2.24. The van der Waals surface area contributed by atoms with E-state index in [0.29, 0.717) is 5.56 Å². The van der Waals surface area contributed by atoms with Crippen LogP contribution in [0.1, 0.15) is 23.9 Å². The Morgan fingerprint density at radius 3 is 2.27 bits per heavy atom. The van der Waals surface area contributed by atoms with Crippen molar-refractivity contribution in [3.8, 4) is 28.1 Å². The van der Waals surface area contributed by atoms with E-state index in [0.717, 1.165) is 17.2 Å². The van der Waals surface area contributed by atoms with Crippen LogP contribution in [0.15, 0.2) is 72.9 Å². The van der Waals surface area contributed by atoms with Gasteiger partial charge in [0, 0.05) is 7.05 Å². The van der Waals surface area contributed by atoms with Crippen LogP contribution in [-0.4, -0.2) is 25.9 Å². The maximum Gasteiger partial charge on any atom is 0.469 e. The highest BCUT2D eigenvalue weighted by atomic mass is 31.2. The first kappa shape index (κ1) is 30.0. The second-order valence-corrected chi connectivity index (χ2v) is 10.8. The summed E-state index contributed by atoms with van der Waals surface area (Å²) in [5.74, 6) is -0.498. The van der Waals surface area contributed by atoms with Crippen molar-refractivity contribution in [3.63, 3.8) is 0 Å². The Morgan fingerprint density at radius 1 is 1.05 bits per heavy atom. The number of benzene rings is 3. The van der Waals surface area contributed by atoms with Crippen molar-refractivity contribution < 1.29 is 36.8 Å². The van der Waals surface area contributed by atoms with Crippen LogP contribution in [0.4, 0.5) is 18.9 Å². The predicted octanol–water partition coefficient (Wildman–Crippen LogP) is 6.19. The van der Waals surface area contributed by atoms with E-state index in [1.54, 1.807) is 12.1 Å². The molecule has 0 unspecified atom stereocenters. The van der Waals surface area contributed by atoms with E-state index in [-0.39, 0.29) is 29.4 Å². The maximum absolute atomic E-state index is 14.2. The highest BCUT2D eigenvalue weighted by Crippen LogP contribution is 2.45. The number of imidazole rings is 1. The quantitative estimate of drug-likeness (QED) is 0.158. The molecule has 3 aromatic carbocycles. The van der Waals surface area contributed by atoms with Gasteiger partial charge in [0.15, 0.2) is 0 Å². The molecule has 4 N–H and O–H groups in total. The largest absolute Gasteiger partial charge is 0.499 e. The first-order chi connectivity index (χ1) is 19.2. The number of alkyl halides is 3. The van der Waals surface area contributed by atoms with Crippen LogP contribution in [-0.2, 0) is 34.5 Å². The average Bonchev–Trinajstić information content (AvgIpc) is 3.32. The lowest BCUT2D eigenvalue weighted by Crippen LogP contribution is -2.40. The van der Waals surface area contributed by atoms with Crippen LogP contribution >= 0.6 is 7.82 Å². The van der Waals surface area contributed by atoms with Crippen LogP contribution in [0, 0.1) is 6.57 Å². The number of ether oxygens (including phenoxy) is 1. The standard InChI is InChI=1S/C28H26F3N4O5P/c1-27(32,17-40-41(36,37)38)26-34-15-24(35(26)3)21-13-22(28(29,30)31)25(23(14-21)33-2)39-16-18-9-11-20(12-10-18)19-7-5-4-6-8-19/h4-15H,16-17,32H2,1,3H3,(H2,36,37,38)/t27-/m0/s1. The molecule has 0 spiro atoms. The highest BCUT2D eigenvalue weighted by Gasteiger charge is 2.37. The molecule has 41 heavy (non-hydrogen) atoms. The van der Waals surface area contributed by atoms with Gasteiger partial charge in [-0.1, -0.05) is 54.6 Å². The minimum Gasteiger partial charge on any atom is -0.499 e.